The van der Waals surface area contributed by atoms with Gasteiger partial charge in [0.15, 0.2) is 0 Å². The van der Waals surface area contributed by atoms with Gasteiger partial charge in [-0.15, -0.1) is 0 Å². The molecule has 0 spiro atoms. The Kier molecular flexibility index (Phi) is 8.17. The van der Waals surface area contributed by atoms with Crippen LogP contribution in [0.1, 0.15) is 22.3 Å². The number of H-pyrrole nitrogens is 1. The van der Waals surface area contributed by atoms with Crippen molar-refractivity contribution in [3.63, 3.8) is 0 Å². The molecule has 0 aliphatic carbocycles. The molecule has 0 unspecified atom stereocenters. The number of carbonyl (C=O) groups is 1. The molecule has 1 saturated heterocycles. The molecule has 7 heteroatoms. The summed E-state index contributed by atoms with van der Waals surface area (Å²) in [5.74, 6) is 5.54. The Balaban J connectivity index is 1.24. The Morgan fingerprint density at radius 1 is 0.921 bits per heavy atom. The number of nitrogens with zero attached hydrogens (tertiary/aromatic N) is 1. The van der Waals surface area contributed by atoms with Crippen molar-refractivity contribution in [1.82, 2.24) is 15.4 Å². The van der Waals surface area contributed by atoms with Crippen LogP contribution in [0.4, 0.5) is 0 Å². The van der Waals surface area contributed by atoms with Crippen LogP contribution in [0.25, 0.3) is 10.9 Å². The molecule has 1 fully saturated rings. The molecule has 1 amide bonds. The van der Waals surface area contributed by atoms with E-state index in [1.807, 2.05) is 79.0 Å². The maximum atomic E-state index is 13.3. The summed E-state index contributed by atoms with van der Waals surface area (Å²) in [6.45, 7) is 0.229. The fourth-order valence-electron chi connectivity index (χ4n) is 4.88. The zero-order valence-corrected chi connectivity index (χ0v) is 21.0. The molecule has 3 aromatic carbocycles. The second-order valence-electron chi connectivity index (χ2n) is 9.41. The molecular formula is C31H31N3O4. The molecule has 2 heterocycles. The van der Waals surface area contributed by atoms with E-state index >= 15 is 0 Å². The Morgan fingerprint density at radius 2 is 1.63 bits per heavy atom. The lowest BCUT2D eigenvalue weighted by atomic mass is 9.95. The lowest BCUT2D eigenvalue weighted by molar-refractivity contribution is -0.181. The van der Waals surface area contributed by atoms with Crippen LogP contribution in [0.3, 0.4) is 0 Å². The van der Waals surface area contributed by atoms with Gasteiger partial charge >= 0.3 is 0 Å². The van der Waals surface area contributed by atoms with E-state index in [-0.39, 0.29) is 19.1 Å². The lowest BCUT2D eigenvalue weighted by Crippen LogP contribution is -2.47. The van der Waals surface area contributed by atoms with Crippen molar-refractivity contribution in [2.75, 3.05) is 19.8 Å². The van der Waals surface area contributed by atoms with E-state index in [1.165, 1.54) is 0 Å². The van der Waals surface area contributed by atoms with E-state index < -0.39 is 18.1 Å². The number of aliphatic hydroxyl groups is 2. The first-order valence-corrected chi connectivity index (χ1v) is 12.8. The van der Waals surface area contributed by atoms with Gasteiger partial charge in [0.25, 0.3) is 0 Å². The van der Waals surface area contributed by atoms with Crippen LogP contribution in [0.15, 0.2) is 85.1 Å². The van der Waals surface area contributed by atoms with Crippen LogP contribution in [0.2, 0.25) is 0 Å². The Hall–Kier alpha value is -3.93. The van der Waals surface area contributed by atoms with Crippen molar-refractivity contribution in [3.8, 4) is 11.8 Å². The standard InChI is InChI=1S/C31H31N3O4/c35-20-27-29(21-36)38-34(19-24-14-12-23(13-15-24)11-10-22-6-2-1-3-7-22)30(27)31(37)32-17-16-25-18-33-28-9-5-4-8-26(25)28/h1-9,12-15,18,27,29-30,33,35-36H,16-17,19-21H2,(H,32,37)/t27-,29+,30+/m1/s1. The zero-order chi connectivity index (χ0) is 26.3. The van der Waals surface area contributed by atoms with E-state index in [4.69, 9.17) is 4.84 Å². The molecule has 0 radical (unpaired) electrons. The number of aromatic nitrogens is 1. The van der Waals surface area contributed by atoms with Gasteiger partial charge in [0.1, 0.15) is 12.1 Å². The summed E-state index contributed by atoms with van der Waals surface area (Å²) in [6, 6.07) is 24.9. The minimum Gasteiger partial charge on any atom is -0.396 e. The van der Waals surface area contributed by atoms with Gasteiger partial charge in [-0.05, 0) is 47.9 Å². The summed E-state index contributed by atoms with van der Waals surface area (Å²) >= 11 is 0. The van der Waals surface area contributed by atoms with Crippen molar-refractivity contribution in [3.05, 3.63) is 107 Å². The summed E-state index contributed by atoms with van der Waals surface area (Å²) in [7, 11) is 0. The van der Waals surface area contributed by atoms with Gasteiger partial charge in [0.2, 0.25) is 5.91 Å². The predicted octanol–water partition coefficient (Wildman–Crippen LogP) is 3.01. The second kappa shape index (κ2) is 12.1. The van der Waals surface area contributed by atoms with Crippen LogP contribution in [0.5, 0.6) is 0 Å². The van der Waals surface area contributed by atoms with Gasteiger partial charge in [-0.2, -0.15) is 5.06 Å². The highest BCUT2D eigenvalue weighted by Crippen LogP contribution is 2.29. The average molecular weight is 510 g/mol. The van der Waals surface area contributed by atoms with Crippen LogP contribution in [-0.4, -0.2) is 58.1 Å². The van der Waals surface area contributed by atoms with Crippen LogP contribution in [0, 0.1) is 17.8 Å². The molecule has 4 N–H and O–H groups in total. The van der Waals surface area contributed by atoms with Crippen molar-refractivity contribution >= 4 is 16.8 Å². The third-order valence-electron chi connectivity index (χ3n) is 6.91. The van der Waals surface area contributed by atoms with Crippen molar-refractivity contribution < 1.29 is 19.8 Å². The van der Waals surface area contributed by atoms with E-state index in [0.29, 0.717) is 19.5 Å². The highest BCUT2D eigenvalue weighted by atomic mass is 16.7. The number of hydroxylamine groups is 2. The quantitative estimate of drug-likeness (QED) is 0.274. The molecule has 1 aliphatic rings. The first-order chi connectivity index (χ1) is 18.7. The van der Waals surface area contributed by atoms with Gasteiger partial charge in [0.05, 0.1) is 19.8 Å². The highest BCUT2D eigenvalue weighted by molar-refractivity contribution is 5.84. The summed E-state index contributed by atoms with van der Waals surface area (Å²) in [4.78, 5) is 22.5. The van der Waals surface area contributed by atoms with E-state index in [1.54, 1.807) is 5.06 Å². The first-order valence-electron chi connectivity index (χ1n) is 12.8. The number of hydrogen-bond acceptors (Lipinski definition) is 5. The second-order valence-corrected chi connectivity index (χ2v) is 9.41. The molecule has 1 aromatic heterocycles. The zero-order valence-electron chi connectivity index (χ0n) is 21.0. The number of nitrogens with one attached hydrogen (secondary N) is 2. The lowest BCUT2D eigenvalue weighted by Gasteiger charge is -2.24. The number of amides is 1. The average Bonchev–Trinajstić information content (AvgIpc) is 3.54. The van der Waals surface area contributed by atoms with Gasteiger partial charge in [0, 0.05) is 40.7 Å². The number of aliphatic hydroxyl groups excluding tert-OH is 2. The van der Waals surface area contributed by atoms with Crippen LogP contribution < -0.4 is 5.32 Å². The van der Waals surface area contributed by atoms with E-state index in [9.17, 15) is 15.0 Å². The van der Waals surface area contributed by atoms with E-state index in [0.717, 1.165) is 33.2 Å². The number of fused-ring (bicyclic) bond motifs is 1. The Morgan fingerprint density at radius 3 is 2.37 bits per heavy atom. The molecule has 5 rings (SSSR count). The molecule has 7 nitrogen and oxygen atoms in total. The molecule has 38 heavy (non-hydrogen) atoms. The van der Waals surface area contributed by atoms with Crippen molar-refractivity contribution in [2.45, 2.75) is 25.1 Å². The monoisotopic (exact) mass is 509 g/mol. The number of hydrogen-bond donors (Lipinski definition) is 4. The van der Waals surface area contributed by atoms with E-state index in [2.05, 4.69) is 28.2 Å². The third kappa shape index (κ3) is 5.80. The van der Waals surface area contributed by atoms with Gasteiger partial charge in [-0.1, -0.05) is 60.4 Å². The molecule has 0 saturated carbocycles. The van der Waals surface area contributed by atoms with Crippen molar-refractivity contribution in [1.29, 1.82) is 0 Å². The third-order valence-corrected chi connectivity index (χ3v) is 6.91. The molecular weight excluding hydrogens is 478 g/mol. The smallest absolute Gasteiger partial charge is 0.240 e. The largest absolute Gasteiger partial charge is 0.396 e. The summed E-state index contributed by atoms with van der Waals surface area (Å²) < 4.78 is 0. The minimum atomic E-state index is -0.724. The maximum Gasteiger partial charge on any atom is 0.240 e. The summed E-state index contributed by atoms with van der Waals surface area (Å²) in [6.07, 6.45) is 1.98. The summed E-state index contributed by atoms with van der Waals surface area (Å²) in [5, 5.41) is 25.6. The highest BCUT2D eigenvalue weighted by Gasteiger charge is 2.46. The van der Waals surface area contributed by atoms with Gasteiger partial charge in [-0.3, -0.25) is 9.63 Å². The van der Waals surface area contributed by atoms with Crippen molar-refractivity contribution in [2.24, 2.45) is 5.92 Å². The number of benzene rings is 3. The molecule has 1 aliphatic heterocycles. The molecule has 194 valence electrons. The number of rotatable bonds is 8. The minimum absolute atomic E-state index is 0.231. The summed E-state index contributed by atoms with van der Waals surface area (Å²) in [5.41, 5.74) is 4.95. The maximum absolute atomic E-state index is 13.3. The molecule has 3 atom stereocenters. The van der Waals surface area contributed by atoms with Crippen LogP contribution in [-0.2, 0) is 22.6 Å². The Bertz CT molecular complexity index is 1420. The fourth-order valence-corrected chi connectivity index (χ4v) is 4.88. The molecule has 0 bridgehead atoms. The number of aromatic amines is 1. The number of carbonyl (C=O) groups excluding carboxylic acids is 1. The number of para-hydroxylation sites is 1. The SMILES string of the molecule is O=C(NCCc1c[nH]c2ccccc12)[C@@H]1[C@H](CO)[C@H](CO)ON1Cc1ccc(C#Cc2ccccc2)cc1. The first kappa shape index (κ1) is 25.7. The normalized spacial score (nSPS) is 19.3. The topological polar surface area (TPSA) is 97.8 Å². The van der Waals surface area contributed by atoms with Crippen LogP contribution >= 0.6 is 0 Å². The Labute approximate surface area is 222 Å². The van der Waals surface area contributed by atoms with Gasteiger partial charge in [-0.25, -0.2) is 0 Å². The predicted molar refractivity (Wildman–Crippen MR) is 146 cm³/mol. The van der Waals surface area contributed by atoms with Gasteiger partial charge < -0.3 is 20.5 Å². The molecule has 4 aromatic rings. The fraction of sp³-hybridized carbons (Fsp3) is 0.258.